The monoisotopic (exact) mass is 288 g/mol. The number of nitrogens with two attached hydrogens (primary N) is 1. The Morgan fingerprint density at radius 3 is 2.57 bits per heavy atom. The van der Waals surface area contributed by atoms with Crippen molar-refractivity contribution in [2.75, 3.05) is 0 Å². The summed E-state index contributed by atoms with van der Waals surface area (Å²) in [6.45, 7) is 1.75. The van der Waals surface area contributed by atoms with Gasteiger partial charge in [0.1, 0.15) is 11.5 Å². The maximum atomic E-state index is 11.1. The van der Waals surface area contributed by atoms with E-state index in [9.17, 15) is 20.0 Å². The molecule has 2 aromatic carbocycles. The number of nitro benzene ring substituents is 1. The standard InChI is InChI=1S/C14H12N2O5/c1-8-4-10(17)7-11(5-8)21-13-3-2-9(14(15)18)6-12(13)16(19)20/h2-7,17H,1H3,(H2,15,18). The number of amides is 1. The fourth-order valence-corrected chi connectivity index (χ4v) is 1.81. The third kappa shape index (κ3) is 3.27. The molecule has 3 N–H and O–H groups in total. The van der Waals surface area contributed by atoms with Crippen LogP contribution in [0.3, 0.4) is 0 Å². The van der Waals surface area contributed by atoms with Gasteiger partial charge in [0.15, 0.2) is 0 Å². The summed E-state index contributed by atoms with van der Waals surface area (Å²) in [5.74, 6) is -0.573. The summed E-state index contributed by atoms with van der Waals surface area (Å²) in [7, 11) is 0. The molecule has 7 nitrogen and oxygen atoms in total. The van der Waals surface area contributed by atoms with Gasteiger partial charge < -0.3 is 15.6 Å². The minimum absolute atomic E-state index is 0.0126. The molecule has 108 valence electrons. The highest BCUT2D eigenvalue weighted by Crippen LogP contribution is 2.33. The first kappa shape index (κ1) is 14.3. The fraction of sp³-hybridized carbons (Fsp3) is 0.0714. The van der Waals surface area contributed by atoms with Gasteiger partial charge in [-0.05, 0) is 36.8 Å². The summed E-state index contributed by atoms with van der Waals surface area (Å²) in [5, 5.41) is 20.5. The van der Waals surface area contributed by atoms with E-state index in [-0.39, 0.29) is 28.5 Å². The summed E-state index contributed by atoms with van der Waals surface area (Å²) in [6.07, 6.45) is 0. The van der Waals surface area contributed by atoms with Crippen LogP contribution in [0, 0.1) is 17.0 Å². The highest BCUT2D eigenvalue weighted by molar-refractivity contribution is 5.93. The van der Waals surface area contributed by atoms with Crippen molar-refractivity contribution in [3.63, 3.8) is 0 Å². The maximum absolute atomic E-state index is 11.1. The van der Waals surface area contributed by atoms with Crippen molar-refractivity contribution in [2.45, 2.75) is 6.92 Å². The quantitative estimate of drug-likeness (QED) is 0.662. The first-order valence-corrected chi connectivity index (χ1v) is 5.93. The number of rotatable bonds is 4. The minimum atomic E-state index is -0.766. The van der Waals surface area contributed by atoms with E-state index < -0.39 is 10.8 Å². The molecule has 7 heteroatoms. The summed E-state index contributed by atoms with van der Waals surface area (Å²) in [6, 6.07) is 8.15. The van der Waals surface area contributed by atoms with Gasteiger partial charge in [-0.3, -0.25) is 14.9 Å². The number of nitro groups is 1. The van der Waals surface area contributed by atoms with Crippen molar-refractivity contribution >= 4 is 11.6 Å². The van der Waals surface area contributed by atoms with Crippen molar-refractivity contribution in [1.29, 1.82) is 0 Å². The molecule has 0 aromatic heterocycles. The lowest BCUT2D eigenvalue weighted by Gasteiger charge is -2.08. The van der Waals surface area contributed by atoms with Crippen LogP contribution in [0.2, 0.25) is 0 Å². The number of nitrogens with zero attached hydrogens (tertiary/aromatic N) is 1. The normalized spacial score (nSPS) is 10.1. The van der Waals surface area contributed by atoms with Crippen molar-refractivity contribution in [2.24, 2.45) is 5.73 Å². The van der Waals surface area contributed by atoms with E-state index in [2.05, 4.69) is 0 Å². The number of hydrogen-bond acceptors (Lipinski definition) is 5. The Labute approximate surface area is 119 Å². The van der Waals surface area contributed by atoms with E-state index in [1.54, 1.807) is 13.0 Å². The van der Waals surface area contributed by atoms with Gasteiger partial charge in [-0.15, -0.1) is 0 Å². The van der Waals surface area contributed by atoms with Crippen LogP contribution < -0.4 is 10.5 Å². The zero-order valence-corrected chi connectivity index (χ0v) is 11.1. The minimum Gasteiger partial charge on any atom is -0.508 e. The number of hydrogen-bond donors (Lipinski definition) is 2. The lowest BCUT2D eigenvalue weighted by molar-refractivity contribution is -0.385. The van der Waals surface area contributed by atoms with E-state index in [0.717, 1.165) is 11.6 Å². The van der Waals surface area contributed by atoms with Gasteiger partial charge in [-0.25, -0.2) is 0 Å². The van der Waals surface area contributed by atoms with Gasteiger partial charge in [0.2, 0.25) is 11.7 Å². The number of carbonyl (C=O) groups is 1. The highest BCUT2D eigenvalue weighted by Gasteiger charge is 2.18. The Bertz CT molecular complexity index is 707. The van der Waals surface area contributed by atoms with E-state index >= 15 is 0 Å². The second kappa shape index (κ2) is 5.49. The van der Waals surface area contributed by atoms with Crippen molar-refractivity contribution < 1.29 is 19.6 Å². The third-order valence-corrected chi connectivity index (χ3v) is 2.70. The molecule has 0 aliphatic rings. The number of carbonyl (C=O) groups excluding carboxylic acids is 1. The van der Waals surface area contributed by atoms with E-state index in [1.165, 1.54) is 24.3 Å². The number of aromatic hydroxyl groups is 1. The van der Waals surface area contributed by atoms with Crippen LogP contribution >= 0.6 is 0 Å². The predicted octanol–water partition coefficient (Wildman–Crippen LogP) is 2.50. The van der Waals surface area contributed by atoms with Crippen molar-refractivity contribution in [3.05, 3.63) is 57.6 Å². The average Bonchev–Trinajstić information content (AvgIpc) is 2.37. The molecule has 0 atom stereocenters. The summed E-state index contributed by atoms with van der Waals surface area (Å²) in [5.41, 5.74) is 5.46. The SMILES string of the molecule is Cc1cc(O)cc(Oc2ccc(C(N)=O)cc2[N+](=O)[O-])c1. The maximum Gasteiger partial charge on any atom is 0.312 e. The van der Waals surface area contributed by atoms with Crippen LogP contribution in [-0.2, 0) is 0 Å². The van der Waals surface area contributed by atoms with Gasteiger partial charge in [0, 0.05) is 17.7 Å². The molecule has 0 bridgehead atoms. The molecule has 2 aromatic rings. The topological polar surface area (TPSA) is 116 Å². The zero-order chi connectivity index (χ0) is 15.6. The summed E-state index contributed by atoms with van der Waals surface area (Å²) < 4.78 is 5.41. The Balaban J connectivity index is 2.43. The molecule has 0 heterocycles. The molecule has 1 amide bonds. The lowest BCUT2D eigenvalue weighted by Crippen LogP contribution is -2.11. The molecule has 2 rings (SSSR count). The van der Waals surface area contributed by atoms with Crippen LogP contribution in [0.25, 0.3) is 0 Å². The number of phenols is 1. The molecular formula is C14H12N2O5. The number of primary amides is 1. The Hall–Kier alpha value is -3.09. The first-order chi connectivity index (χ1) is 9.86. The van der Waals surface area contributed by atoms with Crippen molar-refractivity contribution in [3.8, 4) is 17.2 Å². The van der Waals surface area contributed by atoms with E-state index in [0.29, 0.717) is 0 Å². The van der Waals surface area contributed by atoms with Crippen LogP contribution in [0.1, 0.15) is 15.9 Å². The van der Waals surface area contributed by atoms with Crippen LogP contribution in [0.15, 0.2) is 36.4 Å². The van der Waals surface area contributed by atoms with Crippen LogP contribution in [0.5, 0.6) is 17.2 Å². The number of benzene rings is 2. The fourth-order valence-electron chi connectivity index (χ4n) is 1.81. The lowest BCUT2D eigenvalue weighted by atomic mass is 10.1. The number of phenolic OH excluding ortho intramolecular Hbond substituents is 1. The largest absolute Gasteiger partial charge is 0.508 e. The van der Waals surface area contributed by atoms with Crippen molar-refractivity contribution in [1.82, 2.24) is 0 Å². The average molecular weight is 288 g/mol. The summed E-state index contributed by atoms with van der Waals surface area (Å²) in [4.78, 5) is 21.4. The molecule has 0 spiro atoms. The Morgan fingerprint density at radius 1 is 1.29 bits per heavy atom. The molecule has 0 aliphatic heterocycles. The van der Waals surface area contributed by atoms with Gasteiger partial charge in [-0.1, -0.05) is 0 Å². The molecule has 0 saturated carbocycles. The first-order valence-electron chi connectivity index (χ1n) is 5.93. The Morgan fingerprint density at radius 2 is 2.00 bits per heavy atom. The Kier molecular flexibility index (Phi) is 3.75. The van der Waals surface area contributed by atoms with Gasteiger partial charge in [0.05, 0.1) is 4.92 Å². The van der Waals surface area contributed by atoms with E-state index in [4.69, 9.17) is 10.5 Å². The summed E-state index contributed by atoms with van der Waals surface area (Å²) >= 11 is 0. The molecule has 0 aliphatic carbocycles. The van der Waals surface area contributed by atoms with Gasteiger partial charge in [-0.2, -0.15) is 0 Å². The molecule has 0 radical (unpaired) electrons. The number of ether oxygens (including phenoxy) is 1. The second-order valence-electron chi connectivity index (χ2n) is 4.41. The highest BCUT2D eigenvalue weighted by atomic mass is 16.6. The van der Waals surface area contributed by atoms with Gasteiger partial charge >= 0.3 is 5.69 Å². The van der Waals surface area contributed by atoms with E-state index in [1.807, 2.05) is 0 Å². The molecule has 21 heavy (non-hydrogen) atoms. The number of aryl methyl sites for hydroxylation is 1. The van der Waals surface area contributed by atoms with Crippen LogP contribution in [0.4, 0.5) is 5.69 Å². The smallest absolute Gasteiger partial charge is 0.312 e. The zero-order valence-electron chi connectivity index (χ0n) is 11.1. The molecule has 0 saturated heterocycles. The van der Waals surface area contributed by atoms with Gasteiger partial charge in [0.25, 0.3) is 0 Å². The molecular weight excluding hydrogens is 276 g/mol. The van der Waals surface area contributed by atoms with Crippen LogP contribution in [-0.4, -0.2) is 15.9 Å². The third-order valence-electron chi connectivity index (χ3n) is 2.70. The molecule has 0 fully saturated rings. The predicted molar refractivity (Wildman–Crippen MR) is 74.5 cm³/mol. The molecule has 0 unspecified atom stereocenters. The second-order valence-corrected chi connectivity index (χ2v) is 4.41.